The van der Waals surface area contributed by atoms with Gasteiger partial charge in [0.25, 0.3) is 0 Å². The van der Waals surface area contributed by atoms with Crippen LogP contribution < -0.4 is 4.90 Å². The Morgan fingerprint density at radius 2 is 2.32 bits per heavy atom. The van der Waals surface area contributed by atoms with Gasteiger partial charge in [-0.1, -0.05) is 11.6 Å². The molecule has 0 bridgehead atoms. The molecule has 0 aromatic carbocycles. The van der Waals surface area contributed by atoms with Crippen LogP contribution in [0.15, 0.2) is 28.1 Å². The third kappa shape index (κ3) is 3.43. The molecule has 0 unspecified atom stereocenters. The first kappa shape index (κ1) is 14.2. The molecule has 0 saturated carbocycles. The van der Waals surface area contributed by atoms with Crippen LogP contribution in [0.2, 0.25) is 5.15 Å². The van der Waals surface area contributed by atoms with E-state index in [-0.39, 0.29) is 16.7 Å². The molecular weight excluding hydrogens is 354 g/mol. The highest BCUT2D eigenvalue weighted by molar-refractivity contribution is 9.10. The molecule has 8 heteroatoms. The van der Waals surface area contributed by atoms with Crippen molar-refractivity contribution in [1.82, 2.24) is 4.98 Å². The van der Waals surface area contributed by atoms with Crippen LogP contribution in [0, 0.1) is 10.1 Å². The number of hydrogen-bond acceptors (Lipinski definition) is 5. The summed E-state index contributed by atoms with van der Waals surface area (Å²) in [5, 5.41) is 13.2. The normalized spacial score (nSPS) is 10.5. The van der Waals surface area contributed by atoms with Gasteiger partial charge in [0.1, 0.15) is 5.15 Å². The van der Waals surface area contributed by atoms with Gasteiger partial charge in [-0.3, -0.25) is 10.1 Å². The van der Waals surface area contributed by atoms with Crippen LogP contribution in [0.3, 0.4) is 0 Å². The zero-order valence-electron chi connectivity index (χ0n) is 9.84. The number of thiophene rings is 1. The number of nitro groups is 1. The fourth-order valence-corrected chi connectivity index (χ4v) is 3.23. The van der Waals surface area contributed by atoms with Crippen molar-refractivity contribution in [3.8, 4) is 0 Å². The summed E-state index contributed by atoms with van der Waals surface area (Å²) in [7, 11) is 1.75. The van der Waals surface area contributed by atoms with Gasteiger partial charge in [-0.2, -0.15) is 0 Å². The van der Waals surface area contributed by atoms with Crippen LogP contribution in [0.1, 0.15) is 4.88 Å². The Bertz CT molecular complexity index is 620. The SMILES string of the molecule is CN(Cc1cc(Br)cs1)c1nc(Cl)ccc1[N+](=O)[O-]. The monoisotopic (exact) mass is 361 g/mol. The molecule has 5 nitrogen and oxygen atoms in total. The maximum Gasteiger partial charge on any atom is 0.311 e. The van der Waals surface area contributed by atoms with Crippen LogP contribution in [-0.4, -0.2) is 17.0 Å². The molecule has 100 valence electrons. The molecule has 0 amide bonds. The summed E-state index contributed by atoms with van der Waals surface area (Å²) in [4.78, 5) is 17.4. The summed E-state index contributed by atoms with van der Waals surface area (Å²) in [6.07, 6.45) is 0. The van der Waals surface area contributed by atoms with Crippen molar-refractivity contribution >= 4 is 50.4 Å². The van der Waals surface area contributed by atoms with Gasteiger partial charge in [0, 0.05) is 27.8 Å². The van der Waals surface area contributed by atoms with Crippen molar-refractivity contribution in [3.63, 3.8) is 0 Å². The molecule has 0 atom stereocenters. The highest BCUT2D eigenvalue weighted by atomic mass is 79.9. The number of hydrogen-bond donors (Lipinski definition) is 0. The molecule has 2 aromatic heterocycles. The Labute approximate surface area is 127 Å². The molecule has 0 saturated heterocycles. The minimum Gasteiger partial charge on any atom is -0.349 e. The molecule has 0 radical (unpaired) electrons. The first-order chi connectivity index (χ1) is 8.97. The van der Waals surface area contributed by atoms with Crippen LogP contribution in [0.25, 0.3) is 0 Å². The highest BCUT2D eigenvalue weighted by Gasteiger charge is 2.19. The quantitative estimate of drug-likeness (QED) is 0.467. The van der Waals surface area contributed by atoms with Gasteiger partial charge < -0.3 is 4.90 Å². The summed E-state index contributed by atoms with van der Waals surface area (Å²) in [6, 6.07) is 4.75. The Morgan fingerprint density at radius 1 is 1.58 bits per heavy atom. The number of rotatable bonds is 4. The molecule has 19 heavy (non-hydrogen) atoms. The van der Waals surface area contributed by atoms with E-state index in [2.05, 4.69) is 20.9 Å². The van der Waals surface area contributed by atoms with Crippen molar-refractivity contribution in [2.45, 2.75) is 6.54 Å². The number of aromatic nitrogens is 1. The standard InChI is InChI=1S/C11H9BrClN3O2S/c1-15(5-8-4-7(12)6-19-8)11-9(16(17)18)2-3-10(13)14-11/h2-4,6H,5H2,1H3. The van der Waals surface area contributed by atoms with Crippen molar-refractivity contribution in [2.24, 2.45) is 0 Å². The maximum absolute atomic E-state index is 11.0. The Hall–Kier alpha value is -1.18. The summed E-state index contributed by atoms with van der Waals surface area (Å²) in [5.41, 5.74) is -0.0532. The van der Waals surface area contributed by atoms with E-state index in [1.54, 1.807) is 23.3 Å². The lowest BCUT2D eigenvalue weighted by Gasteiger charge is -2.17. The Balaban J connectivity index is 2.29. The average molecular weight is 363 g/mol. The van der Waals surface area contributed by atoms with Gasteiger partial charge in [-0.25, -0.2) is 4.98 Å². The predicted molar refractivity (Wildman–Crippen MR) is 80.0 cm³/mol. The van der Waals surface area contributed by atoms with E-state index in [0.29, 0.717) is 6.54 Å². The number of halogens is 2. The van der Waals surface area contributed by atoms with Crippen molar-refractivity contribution in [1.29, 1.82) is 0 Å². The predicted octanol–water partition coefficient (Wildman–Crippen LogP) is 4.10. The second-order valence-corrected chi connectivity index (χ2v) is 6.12. The van der Waals surface area contributed by atoms with E-state index in [4.69, 9.17) is 11.6 Å². The second-order valence-electron chi connectivity index (χ2n) is 3.82. The van der Waals surface area contributed by atoms with E-state index in [1.807, 2.05) is 11.4 Å². The van der Waals surface area contributed by atoms with Crippen molar-refractivity contribution in [2.75, 3.05) is 11.9 Å². The summed E-state index contributed by atoms with van der Waals surface area (Å²) in [5.74, 6) is 0.266. The fourth-order valence-electron chi connectivity index (χ4n) is 1.59. The molecule has 0 aliphatic carbocycles. The van der Waals surface area contributed by atoms with E-state index in [0.717, 1.165) is 9.35 Å². The molecular formula is C11H9BrClN3O2S. The van der Waals surface area contributed by atoms with Gasteiger partial charge >= 0.3 is 5.69 Å². The third-order valence-corrected chi connectivity index (χ3v) is 4.29. The van der Waals surface area contributed by atoms with Gasteiger partial charge in [0.15, 0.2) is 0 Å². The molecule has 0 aliphatic heterocycles. The van der Waals surface area contributed by atoms with Crippen LogP contribution in [-0.2, 0) is 6.54 Å². The van der Waals surface area contributed by atoms with Crippen molar-refractivity contribution in [3.05, 3.63) is 48.2 Å². The lowest BCUT2D eigenvalue weighted by Crippen LogP contribution is -2.18. The van der Waals surface area contributed by atoms with Crippen LogP contribution in [0.4, 0.5) is 11.5 Å². The first-order valence-corrected chi connectivity index (χ1v) is 7.27. The fraction of sp³-hybridized carbons (Fsp3) is 0.182. The third-order valence-electron chi connectivity index (χ3n) is 2.39. The molecule has 0 N–H and O–H groups in total. The van der Waals surface area contributed by atoms with Crippen LogP contribution in [0.5, 0.6) is 0 Å². The van der Waals surface area contributed by atoms with E-state index in [1.165, 1.54) is 12.1 Å². The van der Waals surface area contributed by atoms with Gasteiger partial charge in [0.2, 0.25) is 5.82 Å². The molecule has 0 aliphatic rings. The number of nitrogens with zero attached hydrogens (tertiary/aromatic N) is 3. The van der Waals surface area contributed by atoms with Crippen LogP contribution >= 0.6 is 38.9 Å². The van der Waals surface area contributed by atoms with E-state index < -0.39 is 4.92 Å². The van der Waals surface area contributed by atoms with E-state index in [9.17, 15) is 10.1 Å². The van der Waals surface area contributed by atoms with Gasteiger partial charge in [-0.05, 0) is 28.1 Å². The lowest BCUT2D eigenvalue weighted by atomic mass is 10.3. The summed E-state index contributed by atoms with van der Waals surface area (Å²) >= 11 is 10.8. The molecule has 0 fully saturated rings. The molecule has 0 spiro atoms. The van der Waals surface area contributed by atoms with Gasteiger partial charge in [0.05, 0.1) is 11.5 Å². The first-order valence-electron chi connectivity index (χ1n) is 5.22. The number of pyridine rings is 1. The zero-order valence-corrected chi connectivity index (χ0v) is 13.0. The minimum atomic E-state index is -0.459. The average Bonchev–Trinajstić information content (AvgIpc) is 2.74. The Kier molecular flexibility index (Phi) is 4.38. The molecule has 2 heterocycles. The minimum absolute atomic E-state index is 0.0532. The topological polar surface area (TPSA) is 59.3 Å². The highest BCUT2D eigenvalue weighted by Crippen LogP contribution is 2.29. The summed E-state index contributed by atoms with van der Waals surface area (Å²) < 4.78 is 0.995. The molecule has 2 aromatic rings. The van der Waals surface area contributed by atoms with Crippen molar-refractivity contribution < 1.29 is 4.92 Å². The Morgan fingerprint density at radius 3 is 2.89 bits per heavy atom. The zero-order chi connectivity index (χ0) is 14.0. The maximum atomic E-state index is 11.0. The summed E-state index contributed by atoms with van der Waals surface area (Å²) in [6.45, 7) is 0.532. The van der Waals surface area contributed by atoms with E-state index >= 15 is 0 Å². The largest absolute Gasteiger partial charge is 0.349 e. The van der Waals surface area contributed by atoms with Gasteiger partial charge in [-0.15, -0.1) is 11.3 Å². The smallest absolute Gasteiger partial charge is 0.311 e. The number of anilines is 1. The lowest BCUT2D eigenvalue weighted by molar-refractivity contribution is -0.384. The molecule has 2 rings (SSSR count). The second kappa shape index (κ2) is 5.85.